The Balaban J connectivity index is 2.32. The average Bonchev–Trinajstić information content (AvgIpc) is 2.48. The Morgan fingerprint density at radius 2 is 1.95 bits per heavy atom. The Hall–Kier alpha value is -2.88. The molecule has 0 fully saturated rings. The second-order valence-electron chi connectivity index (χ2n) is 4.53. The molecule has 0 spiro atoms. The third-order valence-corrected chi connectivity index (χ3v) is 3.19. The Morgan fingerprint density at radius 1 is 1.24 bits per heavy atom. The molecule has 21 heavy (non-hydrogen) atoms. The van der Waals surface area contributed by atoms with Gasteiger partial charge in [-0.25, -0.2) is 9.18 Å². The summed E-state index contributed by atoms with van der Waals surface area (Å²) in [5.41, 5.74) is 0.223. The SMILES string of the molecule is Cn1c(CNc2ccc(F)cc2C#N)cc(=O)n(C)c1=O. The van der Waals surface area contributed by atoms with Crippen molar-refractivity contribution in [1.29, 1.82) is 5.26 Å². The van der Waals surface area contributed by atoms with Crippen LogP contribution in [0.2, 0.25) is 0 Å². The van der Waals surface area contributed by atoms with E-state index < -0.39 is 17.1 Å². The first-order chi connectivity index (χ1) is 9.93. The zero-order valence-corrected chi connectivity index (χ0v) is 11.6. The lowest BCUT2D eigenvalue weighted by molar-refractivity contribution is 0.627. The van der Waals surface area contributed by atoms with Gasteiger partial charge in [0.1, 0.15) is 11.9 Å². The van der Waals surface area contributed by atoms with E-state index in [9.17, 15) is 14.0 Å². The van der Waals surface area contributed by atoms with E-state index in [1.165, 1.54) is 29.8 Å². The van der Waals surface area contributed by atoms with Crippen molar-refractivity contribution < 1.29 is 4.39 Å². The maximum Gasteiger partial charge on any atom is 0.330 e. The molecule has 1 aromatic carbocycles. The molecular weight excluding hydrogens is 275 g/mol. The minimum Gasteiger partial charge on any atom is -0.378 e. The van der Waals surface area contributed by atoms with E-state index in [-0.39, 0.29) is 12.1 Å². The summed E-state index contributed by atoms with van der Waals surface area (Å²) in [7, 11) is 2.95. The van der Waals surface area contributed by atoms with Crippen LogP contribution in [0.3, 0.4) is 0 Å². The van der Waals surface area contributed by atoms with Gasteiger partial charge in [-0.15, -0.1) is 0 Å². The molecule has 0 radical (unpaired) electrons. The molecule has 7 heteroatoms. The first-order valence-electron chi connectivity index (χ1n) is 6.13. The summed E-state index contributed by atoms with van der Waals surface area (Å²) in [5, 5.41) is 11.9. The molecule has 0 saturated carbocycles. The highest BCUT2D eigenvalue weighted by Crippen LogP contribution is 2.16. The van der Waals surface area contributed by atoms with E-state index in [0.29, 0.717) is 11.4 Å². The molecule has 0 bridgehead atoms. The number of aromatic nitrogens is 2. The van der Waals surface area contributed by atoms with Crippen molar-refractivity contribution in [3.63, 3.8) is 0 Å². The molecule has 1 N–H and O–H groups in total. The van der Waals surface area contributed by atoms with Crippen LogP contribution >= 0.6 is 0 Å². The van der Waals surface area contributed by atoms with Gasteiger partial charge in [0, 0.05) is 25.9 Å². The molecule has 0 saturated heterocycles. The minimum absolute atomic E-state index is 0.156. The lowest BCUT2D eigenvalue weighted by Gasteiger charge is -2.12. The molecule has 0 aliphatic heterocycles. The first-order valence-corrected chi connectivity index (χ1v) is 6.13. The van der Waals surface area contributed by atoms with Crippen LogP contribution in [0.4, 0.5) is 10.1 Å². The van der Waals surface area contributed by atoms with Crippen molar-refractivity contribution in [2.24, 2.45) is 14.1 Å². The largest absolute Gasteiger partial charge is 0.378 e. The predicted molar refractivity (Wildman–Crippen MR) is 75.4 cm³/mol. The van der Waals surface area contributed by atoms with Crippen LogP contribution in [0.25, 0.3) is 0 Å². The second kappa shape index (κ2) is 5.63. The zero-order valence-electron chi connectivity index (χ0n) is 11.6. The van der Waals surface area contributed by atoms with Gasteiger partial charge in [0.2, 0.25) is 0 Å². The van der Waals surface area contributed by atoms with Crippen molar-refractivity contribution in [2.75, 3.05) is 5.32 Å². The average molecular weight is 288 g/mol. The van der Waals surface area contributed by atoms with E-state index >= 15 is 0 Å². The lowest BCUT2D eigenvalue weighted by atomic mass is 10.2. The number of nitrogens with one attached hydrogen (secondary N) is 1. The summed E-state index contributed by atoms with van der Waals surface area (Å²) in [6.07, 6.45) is 0. The van der Waals surface area contributed by atoms with Gasteiger partial charge in [-0.1, -0.05) is 0 Å². The van der Waals surface area contributed by atoms with E-state index in [0.717, 1.165) is 10.6 Å². The van der Waals surface area contributed by atoms with Gasteiger partial charge in [-0.05, 0) is 18.2 Å². The zero-order chi connectivity index (χ0) is 15.6. The van der Waals surface area contributed by atoms with E-state index in [1.807, 2.05) is 6.07 Å². The van der Waals surface area contributed by atoms with Crippen molar-refractivity contribution >= 4 is 5.69 Å². The molecule has 1 heterocycles. The number of hydrogen-bond donors (Lipinski definition) is 1. The van der Waals surface area contributed by atoms with E-state index in [2.05, 4.69) is 5.32 Å². The molecule has 1 aromatic heterocycles. The Bertz CT molecular complexity index is 846. The fourth-order valence-corrected chi connectivity index (χ4v) is 1.90. The third-order valence-electron chi connectivity index (χ3n) is 3.19. The number of nitriles is 1. The molecule has 2 rings (SSSR count). The number of halogens is 1. The summed E-state index contributed by atoms with van der Waals surface area (Å²) < 4.78 is 15.4. The number of nitrogens with zero attached hydrogens (tertiary/aromatic N) is 3. The van der Waals surface area contributed by atoms with Gasteiger partial charge in [0.05, 0.1) is 17.8 Å². The fourth-order valence-electron chi connectivity index (χ4n) is 1.90. The highest BCUT2D eigenvalue weighted by atomic mass is 19.1. The Kier molecular flexibility index (Phi) is 3.89. The number of anilines is 1. The lowest BCUT2D eigenvalue weighted by Crippen LogP contribution is -2.38. The molecule has 108 valence electrons. The Morgan fingerprint density at radius 3 is 2.62 bits per heavy atom. The van der Waals surface area contributed by atoms with Crippen molar-refractivity contribution in [3.05, 3.63) is 62.2 Å². The van der Waals surface area contributed by atoms with Crippen molar-refractivity contribution in [1.82, 2.24) is 9.13 Å². The van der Waals surface area contributed by atoms with Crippen LogP contribution in [0.15, 0.2) is 33.9 Å². The van der Waals surface area contributed by atoms with Crippen LogP contribution < -0.4 is 16.6 Å². The minimum atomic E-state index is -0.502. The third kappa shape index (κ3) is 2.84. The quantitative estimate of drug-likeness (QED) is 0.902. The van der Waals surface area contributed by atoms with E-state index in [1.54, 1.807) is 7.05 Å². The highest BCUT2D eigenvalue weighted by Gasteiger charge is 2.08. The number of benzene rings is 1. The molecule has 2 aromatic rings. The van der Waals surface area contributed by atoms with Crippen LogP contribution in [-0.4, -0.2) is 9.13 Å². The Labute approximate surface area is 119 Å². The van der Waals surface area contributed by atoms with Crippen molar-refractivity contribution in [3.8, 4) is 6.07 Å². The summed E-state index contributed by atoms with van der Waals surface area (Å²) in [6, 6.07) is 7.00. The summed E-state index contributed by atoms with van der Waals surface area (Å²) >= 11 is 0. The summed E-state index contributed by atoms with van der Waals surface area (Å²) in [4.78, 5) is 23.4. The smallest absolute Gasteiger partial charge is 0.330 e. The first kappa shape index (κ1) is 14.5. The van der Waals surface area contributed by atoms with Gasteiger partial charge in [0.25, 0.3) is 5.56 Å². The standard InChI is InChI=1S/C14H13FN4O2/c1-18-11(6-13(20)19(2)14(18)21)8-17-12-4-3-10(15)5-9(12)7-16/h3-6,17H,8H2,1-2H3. The van der Waals surface area contributed by atoms with Crippen LogP contribution in [0.5, 0.6) is 0 Å². The van der Waals surface area contributed by atoms with Crippen LogP contribution in [0, 0.1) is 17.1 Å². The topological polar surface area (TPSA) is 79.8 Å². The number of rotatable bonds is 3. The van der Waals surface area contributed by atoms with E-state index in [4.69, 9.17) is 5.26 Å². The molecule has 0 aliphatic carbocycles. The second-order valence-corrected chi connectivity index (χ2v) is 4.53. The monoisotopic (exact) mass is 288 g/mol. The van der Waals surface area contributed by atoms with Crippen LogP contribution in [0.1, 0.15) is 11.3 Å². The number of hydrogen-bond acceptors (Lipinski definition) is 4. The maximum atomic E-state index is 13.0. The van der Waals surface area contributed by atoms with Gasteiger partial charge < -0.3 is 5.32 Å². The van der Waals surface area contributed by atoms with Gasteiger partial charge in [-0.2, -0.15) is 5.26 Å². The normalized spacial score (nSPS) is 10.2. The highest BCUT2D eigenvalue weighted by molar-refractivity contribution is 5.57. The summed E-state index contributed by atoms with van der Waals surface area (Å²) in [5.74, 6) is -0.502. The molecule has 0 unspecified atom stereocenters. The molecular formula is C14H13FN4O2. The van der Waals surface area contributed by atoms with Crippen molar-refractivity contribution in [2.45, 2.75) is 6.54 Å². The van der Waals surface area contributed by atoms with Gasteiger partial charge in [0.15, 0.2) is 0 Å². The molecule has 6 nitrogen and oxygen atoms in total. The fraction of sp³-hybridized carbons (Fsp3) is 0.214. The molecule has 0 atom stereocenters. The molecule has 0 amide bonds. The summed E-state index contributed by atoms with van der Waals surface area (Å²) in [6.45, 7) is 0.169. The molecule has 0 aliphatic rings. The van der Waals surface area contributed by atoms with Crippen LogP contribution in [-0.2, 0) is 20.6 Å². The van der Waals surface area contributed by atoms with Gasteiger partial charge in [-0.3, -0.25) is 13.9 Å². The predicted octanol–water partition coefficient (Wildman–Crippen LogP) is 0.707. The maximum absolute atomic E-state index is 13.0. The van der Waals surface area contributed by atoms with Gasteiger partial charge >= 0.3 is 5.69 Å².